The Labute approximate surface area is 199 Å². The minimum absolute atomic E-state index is 0.139. The van der Waals surface area contributed by atoms with E-state index in [2.05, 4.69) is 5.32 Å². The van der Waals surface area contributed by atoms with E-state index in [4.69, 9.17) is 9.47 Å². The van der Waals surface area contributed by atoms with Crippen molar-refractivity contribution in [2.75, 3.05) is 44.9 Å². The van der Waals surface area contributed by atoms with E-state index in [1.807, 2.05) is 24.3 Å². The van der Waals surface area contributed by atoms with Crippen molar-refractivity contribution >= 4 is 27.5 Å². The van der Waals surface area contributed by atoms with E-state index >= 15 is 0 Å². The van der Waals surface area contributed by atoms with E-state index in [9.17, 15) is 18.0 Å². The van der Waals surface area contributed by atoms with Crippen molar-refractivity contribution in [3.63, 3.8) is 0 Å². The molecule has 182 valence electrons. The van der Waals surface area contributed by atoms with Crippen molar-refractivity contribution in [2.24, 2.45) is 0 Å². The SMILES string of the molecule is COc1ccc(CNC(=O)CN2C(=O)C(C)(C)c3cc(S(=O)(=O)N4CCOCC4)ccc32)cc1. The molecule has 2 aromatic rings. The van der Waals surface area contributed by atoms with Gasteiger partial charge in [-0.2, -0.15) is 4.31 Å². The number of ether oxygens (including phenoxy) is 2. The molecular formula is C24H29N3O6S. The second-order valence-electron chi connectivity index (χ2n) is 8.84. The number of sulfonamides is 1. The zero-order valence-corrected chi connectivity index (χ0v) is 20.4. The van der Waals surface area contributed by atoms with Crippen LogP contribution in [0, 0.1) is 0 Å². The van der Waals surface area contributed by atoms with Gasteiger partial charge in [-0.25, -0.2) is 8.42 Å². The Morgan fingerprint density at radius 2 is 1.79 bits per heavy atom. The van der Waals surface area contributed by atoms with Gasteiger partial charge in [0.2, 0.25) is 21.8 Å². The molecular weight excluding hydrogens is 458 g/mol. The lowest BCUT2D eigenvalue weighted by Gasteiger charge is -2.26. The van der Waals surface area contributed by atoms with Crippen LogP contribution in [-0.2, 0) is 36.3 Å². The number of carbonyl (C=O) groups is 2. The highest BCUT2D eigenvalue weighted by atomic mass is 32.2. The number of hydrogen-bond acceptors (Lipinski definition) is 6. The number of morpholine rings is 1. The average Bonchev–Trinajstić information content (AvgIpc) is 3.03. The quantitative estimate of drug-likeness (QED) is 0.637. The summed E-state index contributed by atoms with van der Waals surface area (Å²) in [5, 5.41) is 2.83. The molecule has 0 bridgehead atoms. The van der Waals surface area contributed by atoms with Gasteiger partial charge in [0, 0.05) is 25.3 Å². The maximum absolute atomic E-state index is 13.2. The molecule has 2 aromatic carbocycles. The first-order valence-corrected chi connectivity index (χ1v) is 12.5. The number of fused-ring (bicyclic) bond motifs is 1. The Morgan fingerprint density at radius 3 is 2.44 bits per heavy atom. The van der Waals surface area contributed by atoms with Crippen LogP contribution in [0.2, 0.25) is 0 Å². The Bertz CT molecular complexity index is 1190. The lowest BCUT2D eigenvalue weighted by molar-refractivity contribution is -0.125. The van der Waals surface area contributed by atoms with Gasteiger partial charge in [0.25, 0.3) is 0 Å². The standard InChI is InChI=1S/C24H29N3O6S/c1-24(2)20-14-19(34(30,31)26-10-12-33-13-11-26)8-9-21(20)27(23(24)29)16-22(28)25-15-17-4-6-18(32-3)7-5-17/h4-9,14H,10-13,15-16H2,1-3H3,(H,25,28). The van der Waals surface area contributed by atoms with E-state index in [0.717, 1.165) is 11.3 Å². The number of nitrogens with one attached hydrogen (secondary N) is 1. The molecule has 2 heterocycles. The van der Waals surface area contributed by atoms with Crippen molar-refractivity contribution in [2.45, 2.75) is 30.7 Å². The molecule has 2 amide bonds. The molecule has 0 radical (unpaired) electrons. The predicted octanol–water partition coefficient (Wildman–Crippen LogP) is 1.66. The minimum atomic E-state index is -3.70. The highest BCUT2D eigenvalue weighted by Crippen LogP contribution is 2.42. The molecule has 0 unspecified atom stereocenters. The summed E-state index contributed by atoms with van der Waals surface area (Å²) in [7, 11) is -2.11. The predicted molar refractivity (Wildman–Crippen MR) is 126 cm³/mol. The lowest BCUT2D eigenvalue weighted by atomic mass is 9.86. The fraction of sp³-hybridized carbons (Fsp3) is 0.417. The number of carbonyl (C=O) groups excluding carboxylic acids is 2. The maximum atomic E-state index is 13.2. The fourth-order valence-electron chi connectivity index (χ4n) is 4.21. The van der Waals surface area contributed by atoms with E-state index in [1.165, 1.54) is 15.3 Å². The third kappa shape index (κ3) is 4.53. The molecule has 2 aliphatic heterocycles. The monoisotopic (exact) mass is 487 g/mol. The van der Waals surface area contributed by atoms with Gasteiger partial charge < -0.3 is 19.7 Å². The summed E-state index contributed by atoms with van der Waals surface area (Å²) in [5.41, 5.74) is 1.09. The summed E-state index contributed by atoms with van der Waals surface area (Å²) in [6.45, 7) is 4.95. The van der Waals surface area contributed by atoms with Gasteiger partial charge in [-0.1, -0.05) is 12.1 Å². The first kappa shape index (κ1) is 24.2. The highest BCUT2D eigenvalue weighted by molar-refractivity contribution is 7.89. The molecule has 0 saturated carbocycles. The Morgan fingerprint density at radius 1 is 1.12 bits per heavy atom. The molecule has 0 atom stereocenters. The van der Waals surface area contributed by atoms with E-state index in [-0.39, 0.29) is 23.3 Å². The second kappa shape index (κ2) is 9.36. The first-order chi connectivity index (χ1) is 16.1. The molecule has 1 fully saturated rings. The zero-order chi connectivity index (χ0) is 24.5. The van der Waals surface area contributed by atoms with Crippen LogP contribution in [0.15, 0.2) is 47.4 Å². The number of hydrogen-bond donors (Lipinski definition) is 1. The Kier molecular flexibility index (Phi) is 6.66. The van der Waals surface area contributed by atoms with Gasteiger partial charge in [0.1, 0.15) is 12.3 Å². The Hall–Kier alpha value is -2.95. The second-order valence-corrected chi connectivity index (χ2v) is 10.8. The molecule has 1 N–H and O–H groups in total. The van der Waals surface area contributed by atoms with Crippen molar-refractivity contribution in [1.29, 1.82) is 0 Å². The molecule has 4 rings (SSSR count). The smallest absolute Gasteiger partial charge is 0.243 e. The fourth-order valence-corrected chi connectivity index (χ4v) is 5.64. The lowest BCUT2D eigenvalue weighted by Crippen LogP contribution is -2.42. The van der Waals surface area contributed by atoms with Gasteiger partial charge >= 0.3 is 0 Å². The molecule has 2 aliphatic rings. The largest absolute Gasteiger partial charge is 0.497 e. The third-order valence-electron chi connectivity index (χ3n) is 6.27. The van der Waals surface area contributed by atoms with Crippen molar-refractivity contribution in [1.82, 2.24) is 9.62 Å². The molecule has 34 heavy (non-hydrogen) atoms. The molecule has 1 saturated heterocycles. The molecule has 0 aliphatic carbocycles. The van der Waals surface area contributed by atoms with E-state index in [0.29, 0.717) is 44.1 Å². The summed E-state index contributed by atoms with van der Waals surface area (Å²) in [6, 6.07) is 12.0. The number of rotatable bonds is 7. The van der Waals surface area contributed by atoms with Crippen molar-refractivity contribution < 1.29 is 27.5 Å². The Balaban J connectivity index is 1.51. The van der Waals surface area contributed by atoms with Gasteiger partial charge in [0.15, 0.2) is 0 Å². The van der Waals surface area contributed by atoms with Crippen LogP contribution in [-0.4, -0.2) is 64.5 Å². The van der Waals surface area contributed by atoms with Crippen molar-refractivity contribution in [3.8, 4) is 5.75 Å². The van der Waals surface area contributed by atoms with Crippen molar-refractivity contribution in [3.05, 3.63) is 53.6 Å². The first-order valence-electron chi connectivity index (χ1n) is 11.1. The van der Waals surface area contributed by atoms with Gasteiger partial charge in [-0.3, -0.25) is 9.59 Å². The number of anilines is 1. The van der Waals surface area contributed by atoms with Crippen LogP contribution in [0.4, 0.5) is 5.69 Å². The summed E-state index contributed by atoms with van der Waals surface area (Å²) >= 11 is 0. The van der Waals surface area contributed by atoms with Crippen LogP contribution >= 0.6 is 0 Å². The number of methoxy groups -OCH3 is 1. The molecule has 9 nitrogen and oxygen atoms in total. The summed E-state index contributed by atoms with van der Waals surface area (Å²) in [4.78, 5) is 27.4. The van der Waals surface area contributed by atoms with Gasteiger partial charge in [0.05, 0.1) is 30.6 Å². The van der Waals surface area contributed by atoms with Crippen LogP contribution in [0.25, 0.3) is 0 Å². The summed E-state index contributed by atoms with van der Waals surface area (Å²) in [5.74, 6) is 0.174. The normalized spacial score (nSPS) is 18.0. The van der Waals surface area contributed by atoms with Gasteiger partial charge in [-0.05, 0) is 55.3 Å². The number of nitrogens with zero attached hydrogens (tertiary/aromatic N) is 2. The molecule has 0 spiro atoms. The maximum Gasteiger partial charge on any atom is 0.243 e. The summed E-state index contributed by atoms with van der Waals surface area (Å²) < 4.78 is 38.0. The minimum Gasteiger partial charge on any atom is -0.497 e. The number of benzene rings is 2. The zero-order valence-electron chi connectivity index (χ0n) is 19.5. The van der Waals surface area contributed by atoms with Crippen LogP contribution in [0.3, 0.4) is 0 Å². The topological polar surface area (TPSA) is 105 Å². The van der Waals surface area contributed by atoms with Crippen LogP contribution in [0.1, 0.15) is 25.0 Å². The average molecular weight is 488 g/mol. The number of amides is 2. The molecule has 10 heteroatoms. The van der Waals surface area contributed by atoms with E-state index < -0.39 is 15.4 Å². The van der Waals surface area contributed by atoms with E-state index in [1.54, 1.807) is 33.1 Å². The van der Waals surface area contributed by atoms with Crippen LogP contribution in [0.5, 0.6) is 5.75 Å². The summed E-state index contributed by atoms with van der Waals surface area (Å²) in [6.07, 6.45) is 0. The molecule has 0 aromatic heterocycles. The van der Waals surface area contributed by atoms with Crippen LogP contribution < -0.4 is 15.0 Å². The third-order valence-corrected chi connectivity index (χ3v) is 8.16. The highest BCUT2D eigenvalue weighted by Gasteiger charge is 2.45. The van der Waals surface area contributed by atoms with Gasteiger partial charge in [-0.15, -0.1) is 0 Å².